The topological polar surface area (TPSA) is 81.0 Å². The third-order valence-corrected chi connectivity index (χ3v) is 5.92. The number of aromatic nitrogens is 1. The highest BCUT2D eigenvalue weighted by atomic mass is 16.6. The van der Waals surface area contributed by atoms with Gasteiger partial charge in [0.05, 0.1) is 11.2 Å². The SMILES string of the molecule is O=C(O)/C=N/OC(CC1CCCCC1)c1ccc(OCc2ccc3ccccc3n2)cc1. The van der Waals surface area contributed by atoms with Crippen LogP contribution in [0, 0.1) is 5.92 Å². The number of para-hydroxylation sites is 1. The minimum absolute atomic E-state index is 0.273. The highest BCUT2D eigenvalue weighted by molar-refractivity contribution is 6.21. The zero-order chi connectivity index (χ0) is 22.2. The second kappa shape index (κ2) is 10.8. The van der Waals surface area contributed by atoms with Crippen LogP contribution in [0.25, 0.3) is 10.9 Å². The zero-order valence-electron chi connectivity index (χ0n) is 18.0. The van der Waals surface area contributed by atoms with Gasteiger partial charge >= 0.3 is 5.97 Å². The van der Waals surface area contributed by atoms with E-state index in [0.29, 0.717) is 12.5 Å². The van der Waals surface area contributed by atoms with E-state index >= 15 is 0 Å². The molecular weight excluding hydrogens is 404 g/mol. The van der Waals surface area contributed by atoms with Gasteiger partial charge in [0.15, 0.2) is 12.3 Å². The van der Waals surface area contributed by atoms with Crippen molar-refractivity contribution in [1.82, 2.24) is 4.98 Å². The van der Waals surface area contributed by atoms with E-state index in [0.717, 1.165) is 40.5 Å². The summed E-state index contributed by atoms with van der Waals surface area (Å²) >= 11 is 0. The number of benzene rings is 2. The summed E-state index contributed by atoms with van der Waals surface area (Å²) in [6.45, 7) is 0.384. The lowest BCUT2D eigenvalue weighted by Gasteiger charge is -2.25. The highest BCUT2D eigenvalue weighted by Gasteiger charge is 2.22. The van der Waals surface area contributed by atoms with Gasteiger partial charge in [-0.1, -0.05) is 73.7 Å². The van der Waals surface area contributed by atoms with Crippen LogP contribution in [0.2, 0.25) is 0 Å². The van der Waals surface area contributed by atoms with E-state index in [1.54, 1.807) is 0 Å². The first kappa shape index (κ1) is 21.8. The third-order valence-electron chi connectivity index (χ3n) is 5.92. The molecule has 0 bridgehead atoms. The van der Waals surface area contributed by atoms with Crippen LogP contribution in [0.15, 0.2) is 65.8 Å². The van der Waals surface area contributed by atoms with Crippen molar-refractivity contribution in [2.45, 2.75) is 51.2 Å². The Balaban J connectivity index is 1.40. The van der Waals surface area contributed by atoms with Gasteiger partial charge in [0.2, 0.25) is 0 Å². The van der Waals surface area contributed by atoms with Crippen molar-refractivity contribution < 1.29 is 19.5 Å². The fraction of sp³-hybridized carbons (Fsp3) is 0.346. The van der Waals surface area contributed by atoms with Gasteiger partial charge in [-0.3, -0.25) is 0 Å². The number of hydrogen-bond acceptors (Lipinski definition) is 5. The maximum absolute atomic E-state index is 10.8. The molecule has 2 aromatic carbocycles. The maximum Gasteiger partial charge on any atom is 0.350 e. The normalized spacial score (nSPS) is 15.6. The van der Waals surface area contributed by atoms with Gasteiger partial charge in [-0.2, -0.15) is 0 Å². The summed E-state index contributed by atoms with van der Waals surface area (Å²) < 4.78 is 5.93. The lowest BCUT2D eigenvalue weighted by Crippen LogP contribution is -2.13. The molecular formula is C26H28N2O4. The molecule has 6 nitrogen and oxygen atoms in total. The first-order chi connectivity index (χ1) is 15.7. The molecule has 0 saturated heterocycles. The van der Waals surface area contributed by atoms with Gasteiger partial charge in [-0.05, 0) is 42.2 Å². The second-order valence-corrected chi connectivity index (χ2v) is 8.26. The first-order valence-electron chi connectivity index (χ1n) is 11.2. The van der Waals surface area contributed by atoms with E-state index in [2.05, 4.69) is 16.2 Å². The molecule has 1 saturated carbocycles. The molecule has 166 valence electrons. The first-order valence-corrected chi connectivity index (χ1v) is 11.2. The number of hydrogen-bond donors (Lipinski definition) is 1. The standard InChI is InChI=1S/C26H28N2O4/c29-26(30)17-27-32-25(16-19-6-2-1-3-7-19)21-11-14-23(15-12-21)31-18-22-13-10-20-8-4-5-9-24(20)28-22/h4-5,8-15,17,19,25H,1-3,6-7,16,18H2,(H,29,30)/b27-17+. The van der Waals surface area contributed by atoms with Crippen LogP contribution < -0.4 is 4.74 Å². The lowest BCUT2D eigenvalue weighted by molar-refractivity contribution is -0.129. The van der Waals surface area contributed by atoms with Crippen molar-refractivity contribution >= 4 is 23.1 Å². The number of pyridine rings is 1. The molecule has 32 heavy (non-hydrogen) atoms. The van der Waals surface area contributed by atoms with Crippen molar-refractivity contribution in [3.05, 3.63) is 71.9 Å². The van der Waals surface area contributed by atoms with Crippen LogP contribution in [0.3, 0.4) is 0 Å². The van der Waals surface area contributed by atoms with Gasteiger partial charge in [-0.15, -0.1) is 0 Å². The number of carboxylic acid groups (broad SMARTS) is 1. The molecule has 4 rings (SSSR count). The average Bonchev–Trinajstić information content (AvgIpc) is 2.83. The van der Waals surface area contributed by atoms with Crippen LogP contribution in [0.5, 0.6) is 5.75 Å². The summed E-state index contributed by atoms with van der Waals surface area (Å²) in [5.74, 6) is 0.199. The van der Waals surface area contributed by atoms with E-state index in [1.165, 1.54) is 32.1 Å². The molecule has 1 aliphatic rings. The molecule has 1 unspecified atom stereocenters. The van der Waals surface area contributed by atoms with Crippen molar-refractivity contribution in [2.75, 3.05) is 0 Å². The summed E-state index contributed by atoms with van der Waals surface area (Å²) in [7, 11) is 0. The summed E-state index contributed by atoms with van der Waals surface area (Å²) in [5, 5.41) is 13.6. The number of rotatable bonds is 9. The molecule has 0 aliphatic heterocycles. The van der Waals surface area contributed by atoms with E-state index < -0.39 is 5.97 Å². The number of ether oxygens (including phenoxy) is 1. The minimum Gasteiger partial charge on any atom is -0.487 e. The predicted octanol–water partition coefficient (Wildman–Crippen LogP) is 5.91. The number of aliphatic carboxylic acids is 1. The Morgan fingerprint density at radius 3 is 2.62 bits per heavy atom. The number of carboxylic acids is 1. The van der Waals surface area contributed by atoms with Gasteiger partial charge in [0.25, 0.3) is 0 Å². The fourth-order valence-corrected chi connectivity index (χ4v) is 4.24. The van der Waals surface area contributed by atoms with Gasteiger partial charge in [-0.25, -0.2) is 9.78 Å². The largest absolute Gasteiger partial charge is 0.487 e. The third kappa shape index (κ3) is 6.06. The van der Waals surface area contributed by atoms with E-state index in [9.17, 15) is 4.79 Å². The number of nitrogens with zero attached hydrogens (tertiary/aromatic N) is 2. The summed E-state index contributed by atoms with van der Waals surface area (Å²) in [4.78, 5) is 21.0. The van der Waals surface area contributed by atoms with Crippen molar-refractivity contribution in [3.8, 4) is 5.75 Å². The number of oxime groups is 1. The summed E-state index contributed by atoms with van der Waals surface area (Å²) in [6, 6.07) is 19.8. The maximum atomic E-state index is 10.8. The average molecular weight is 433 g/mol. The molecule has 0 radical (unpaired) electrons. The molecule has 1 atom stereocenters. The Morgan fingerprint density at radius 1 is 1.06 bits per heavy atom. The Kier molecular flexibility index (Phi) is 7.33. The smallest absolute Gasteiger partial charge is 0.350 e. The summed E-state index contributed by atoms with van der Waals surface area (Å²) in [6.07, 6.45) is 7.49. The Morgan fingerprint density at radius 2 is 1.84 bits per heavy atom. The molecule has 0 amide bonds. The number of fused-ring (bicyclic) bond motifs is 1. The highest BCUT2D eigenvalue weighted by Crippen LogP contribution is 2.34. The Hall–Kier alpha value is -3.41. The van der Waals surface area contributed by atoms with Crippen LogP contribution in [0.1, 0.15) is 55.9 Å². The van der Waals surface area contributed by atoms with Crippen molar-refractivity contribution in [3.63, 3.8) is 0 Å². The minimum atomic E-state index is -1.12. The van der Waals surface area contributed by atoms with Gasteiger partial charge in [0.1, 0.15) is 12.4 Å². The van der Waals surface area contributed by atoms with Crippen LogP contribution >= 0.6 is 0 Å². The molecule has 0 spiro atoms. The van der Waals surface area contributed by atoms with Crippen LogP contribution in [-0.4, -0.2) is 22.3 Å². The van der Waals surface area contributed by atoms with Gasteiger partial charge in [0, 0.05) is 5.39 Å². The molecule has 1 N–H and O–H groups in total. The van der Waals surface area contributed by atoms with E-state index in [4.69, 9.17) is 14.7 Å². The fourth-order valence-electron chi connectivity index (χ4n) is 4.24. The van der Waals surface area contributed by atoms with Gasteiger partial charge < -0.3 is 14.7 Å². The van der Waals surface area contributed by atoms with Crippen molar-refractivity contribution in [1.29, 1.82) is 0 Å². The van der Waals surface area contributed by atoms with E-state index in [-0.39, 0.29) is 6.10 Å². The van der Waals surface area contributed by atoms with Crippen LogP contribution in [0.4, 0.5) is 0 Å². The molecule has 6 heteroatoms. The zero-order valence-corrected chi connectivity index (χ0v) is 18.0. The monoisotopic (exact) mass is 432 g/mol. The van der Waals surface area contributed by atoms with Crippen LogP contribution in [-0.2, 0) is 16.2 Å². The van der Waals surface area contributed by atoms with E-state index in [1.807, 2.05) is 54.6 Å². The lowest BCUT2D eigenvalue weighted by atomic mass is 9.84. The Bertz CT molecular complexity index is 1060. The molecule has 1 fully saturated rings. The molecule has 1 aromatic heterocycles. The Labute approximate surface area is 187 Å². The quantitative estimate of drug-likeness (QED) is 0.336. The van der Waals surface area contributed by atoms with Crippen molar-refractivity contribution in [2.24, 2.45) is 11.1 Å². The predicted molar refractivity (Wildman–Crippen MR) is 124 cm³/mol. The molecule has 1 heterocycles. The summed E-state index contributed by atoms with van der Waals surface area (Å²) in [5.41, 5.74) is 2.79. The molecule has 1 aliphatic carbocycles. The second-order valence-electron chi connectivity index (χ2n) is 8.26. The molecule has 3 aromatic rings. The number of carbonyl (C=O) groups is 1.